The number of rotatable bonds is 8. The zero-order valence-electron chi connectivity index (χ0n) is 20.0. The van der Waals surface area contributed by atoms with E-state index in [1.54, 1.807) is 43.3 Å². The Labute approximate surface area is 203 Å². The molecule has 7 nitrogen and oxygen atoms in total. The maximum atomic E-state index is 14.7. The lowest BCUT2D eigenvalue weighted by molar-refractivity contribution is -0.123. The third kappa shape index (κ3) is 5.16. The third-order valence-corrected chi connectivity index (χ3v) is 6.32. The molecule has 1 saturated carbocycles. The van der Waals surface area contributed by atoms with Crippen molar-refractivity contribution >= 4 is 17.5 Å². The fourth-order valence-electron chi connectivity index (χ4n) is 4.43. The van der Waals surface area contributed by atoms with Crippen molar-refractivity contribution in [3.63, 3.8) is 0 Å². The number of methoxy groups -OCH3 is 2. The van der Waals surface area contributed by atoms with Crippen LogP contribution < -0.4 is 19.7 Å². The summed E-state index contributed by atoms with van der Waals surface area (Å²) in [4.78, 5) is 28.8. The van der Waals surface area contributed by atoms with E-state index in [9.17, 15) is 14.0 Å². The summed E-state index contributed by atoms with van der Waals surface area (Å²) in [6, 6.07) is 11.5. The predicted octanol–water partition coefficient (Wildman–Crippen LogP) is 5.19. The van der Waals surface area contributed by atoms with Crippen LogP contribution in [0.2, 0.25) is 0 Å². The highest BCUT2D eigenvalue weighted by Crippen LogP contribution is 2.36. The normalized spacial score (nSPS) is 14.4. The van der Waals surface area contributed by atoms with Gasteiger partial charge in [0.15, 0.2) is 17.3 Å². The minimum atomic E-state index is -1.12. The number of nitrogens with zero attached hydrogens (tertiary/aromatic N) is 1. The van der Waals surface area contributed by atoms with E-state index in [0.717, 1.165) is 25.7 Å². The van der Waals surface area contributed by atoms with Crippen molar-refractivity contribution in [3.05, 3.63) is 77.5 Å². The number of amides is 2. The first-order chi connectivity index (χ1) is 16.9. The number of halogens is 1. The van der Waals surface area contributed by atoms with Gasteiger partial charge in [0.1, 0.15) is 11.9 Å². The molecular weight excluding hydrogens is 451 g/mol. The number of benzene rings is 2. The molecule has 1 aromatic heterocycles. The van der Waals surface area contributed by atoms with Crippen LogP contribution in [0.15, 0.2) is 59.2 Å². The minimum absolute atomic E-state index is 0.0143. The van der Waals surface area contributed by atoms with Crippen LogP contribution >= 0.6 is 0 Å². The van der Waals surface area contributed by atoms with E-state index in [2.05, 4.69) is 5.32 Å². The van der Waals surface area contributed by atoms with Gasteiger partial charge in [0.05, 0.1) is 20.5 Å². The molecule has 1 aliphatic rings. The summed E-state index contributed by atoms with van der Waals surface area (Å²) < 4.78 is 30.8. The molecule has 0 bridgehead atoms. The van der Waals surface area contributed by atoms with Gasteiger partial charge in [-0.25, -0.2) is 4.39 Å². The van der Waals surface area contributed by atoms with E-state index in [0.29, 0.717) is 22.6 Å². The maximum Gasteiger partial charge on any atom is 0.294 e. The first-order valence-corrected chi connectivity index (χ1v) is 11.6. The highest BCUT2D eigenvalue weighted by Gasteiger charge is 2.36. The van der Waals surface area contributed by atoms with Crippen LogP contribution in [0.1, 0.15) is 53.4 Å². The smallest absolute Gasteiger partial charge is 0.294 e. The molecule has 1 aliphatic carbocycles. The van der Waals surface area contributed by atoms with Crippen molar-refractivity contribution in [3.8, 4) is 11.5 Å². The van der Waals surface area contributed by atoms with Crippen molar-refractivity contribution in [1.82, 2.24) is 5.32 Å². The van der Waals surface area contributed by atoms with E-state index in [1.807, 2.05) is 0 Å². The van der Waals surface area contributed by atoms with Crippen LogP contribution in [0, 0.1) is 12.7 Å². The lowest BCUT2D eigenvalue weighted by Crippen LogP contribution is -2.46. The van der Waals surface area contributed by atoms with Crippen LogP contribution in [0.4, 0.5) is 10.1 Å². The lowest BCUT2D eigenvalue weighted by Gasteiger charge is -2.32. The summed E-state index contributed by atoms with van der Waals surface area (Å²) in [5, 5.41) is 3.09. The second-order valence-corrected chi connectivity index (χ2v) is 8.59. The van der Waals surface area contributed by atoms with Crippen molar-refractivity contribution in [2.75, 3.05) is 19.1 Å². The van der Waals surface area contributed by atoms with Crippen molar-refractivity contribution in [2.24, 2.45) is 0 Å². The highest BCUT2D eigenvalue weighted by molar-refractivity contribution is 6.08. The SMILES string of the molecule is COc1ccc([C@@H](C(=O)NC2CCCC2)N(C(=O)c2ccco2)c2ccc(C)c(F)c2)cc1OC. The summed E-state index contributed by atoms with van der Waals surface area (Å²) in [6.07, 6.45) is 5.19. The molecule has 1 fully saturated rings. The Morgan fingerprint density at radius 2 is 1.80 bits per heavy atom. The van der Waals surface area contributed by atoms with E-state index in [-0.39, 0.29) is 23.4 Å². The van der Waals surface area contributed by atoms with Crippen LogP contribution in [0.25, 0.3) is 0 Å². The van der Waals surface area contributed by atoms with Gasteiger partial charge in [-0.2, -0.15) is 0 Å². The van der Waals surface area contributed by atoms with Crippen molar-refractivity contribution in [1.29, 1.82) is 0 Å². The van der Waals surface area contributed by atoms with Crippen LogP contribution in [0.5, 0.6) is 11.5 Å². The van der Waals surface area contributed by atoms with Crippen LogP contribution in [-0.2, 0) is 4.79 Å². The molecule has 0 spiro atoms. The van der Waals surface area contributed by atoms with Crippen molar-refractivity contribution < 1.29 is 27.9 Å². The summed E-state index contributed by atoms with van der Waals surface area (Å²) in [7, 11) is 3.01. The number of anilines is 1. The molecule has 8 heteroatoms. The monoisotopic (exact) mass is 480 g/mol. The number of nitrogens with one attached hydrogen (secondary N) is 1. The number of aryl methyl sites for hydroxylation is 1. The predicted molar refractivity (Wildman–Crippen MR) is 129 cm³/mol. The van der Waals surface area contributed by atoms with Gasteiger partial charge < -0.3 is 19.2 Å². The lowest BCUT2D eigenvalue weighted by atomic mass is 10.0. The Morgan fingerprint density at radius 1 is 1.06 bits per heavy atom. The van der Waals surface area contributed by atoms with E-state index < -0.39 is 17.8 Å². The molecule has 0 unspecified atom stereocenters. The Hall–Kier alpha value is -3.81. The highest BCUT2D eigenvalue weighted by atomic mass is 19.1. The quantitative estimate of drug-likeness (QED) is 0.480. The van der Waals surface area contributed by atoms with Gasteiger partial charge in [-0.3, -0.25) is 14.5 Å². The van der Waals surface area contributed by atoms with Gasteiger partial charge in [0.25, 0.3) is 5.91 Å². The zero-order valence-corrected chi connectivity index (χ0v) is 20.0. The average molecular weight is 481 g/mol. The fourth-order valence-corrected chi connectivity index (χ4v) is 4.43. The maximum absolute atomic E-state index is 14.7. The number of furan rings is 1. The Balaban J connectivity index is 1.86. The molecule has 2 aromatic carbocycles. The second kappa shape index (κ2) is 10.6. The number of carbonyl (C=O) groups excluding carboxylic acids is 2. The number of hydrogen-bond acceptors (Lipinski definition) is 5. The van der Waals surface area contributed by atoms with Gasteiger partial charge >= 0.3 is 0 Å². The molecule has 1 N–H and O–H groups in total. The number of carbonyl (C=O) groups is 2. The third-order valence-electron chi connectivity index (χ3n) is 6.32. The molecule has 3 aromatic rings. The summed E-state index contributed by atoms with van der Waals surface area (Å²) in [5.41, 5.74) is 1.15. The Bertz CT molecular complexity index is 1190. The largest absolute Gasteiger partial charge is 0.493 e. The summed E-state index contributed by atoms with van der Waals surface area (Å²) >= 11 is 0. The standard InChI is InChI=1S/C27H29FN2O5/c1-17-10-12-20(16-21(17)28)30(27(32)23-9-6-14-35-23)25(26(31)29-19-7-4-5-8-19)18-11-13-22(33-2)24(15-18)34-3/h6,9-16,19,25H,4-5,7-8H2,1-3H3,(H,29,31)/t25-/m0/s1. The summed E-state index contributed by atoms with van der Waals surface area (Å²) in [5.74, 6) is -0.502. The molecular formula is C27H29FN2O5. The minimum Gasteiger partial charge on any atom is -0.493 e. The van der Waals surface area contributed by atoms with E-state index in [4.69, 9.17) is 13.9 Å². The van der Waals surface area contributed by atoms with Gasteiger partial charge in [-0.1, -0.05) is 25.0 Å². The van der Waals surface area contributed by atoms with Gasteiger partial charge in [0.2, 0.25) is 5.91 Å². The van der Waals surface area contributed by atoms with Crippen LogP contribution in [-0.4, -0.2) is 32.1 Å². The number of ether oxygens (including phenoxy) is 2. The second-order valence-electron chi connectivity index (χ2n) is 8.59. The van der Waals surface area contributed by atoms with E-state index in [1.165, 1.54) is 37.5 Å². The van der Waals surface area contributed by atoms with Crippen LogP contribution in [0.3, 0.4) is 0 Å². The first-order valence-electron chi connectivity index (χ1n) is 11.6. The molecule has 1 heterocycles. The van der Waals surface area contributed by atoms with E-state index >= 15 is 0 Å². The zero-order chi connectivity index (χ0) is 24.9. The summed E-state index contributed by atoms with van der Waals surface area (Å²) in [6.45, 7) is 1.64. The Kier molecular flexibility index (Phi) is 7.39. The number of hydrogen-bond donors (Lipinski definition) is 1. The van der Waals surface area contributed by atoms with Gasteiger partial charge in [-0.15, -0.1) is 0 Å². The molecule has 0 saturated heterocycles. The molecule has 1 atom stereocenters. The first kappa shape index (κ1) is 24.3. The fraction of sp³-hybridized carbons (Fsp3) is 0.333. The molecule has 35 heavy (non-hydrogen) atoms. The Morgan fingerprint density at radius 3 is 2.43 bits per heavy atom. The molecule has 0 radical (unpaired) electrons. The average Bonchev–Trinajstić information content (AvgIpc) is 3.58. The molecule has 4 rings (SSSR count). The van der Waals surface area contributed by atoms with Gasteiger partial charge in [0, 0.05) is 11.7 Å². The molecule has 184 valence electrons. The topological polar surface area (TPSA) is 81.0 Å². The molecule has 2 amide bonds. The molecule has 0 aliphatic heterocycles. The van der Waals surface area contributed by atoms with Gasteiger partial charge in [-0.05, 0) is 67.3 Å². The van der Waals surface area contributed by atoms with Crippen molar-refractivity contribution in [2.45, 2.75) is 44.7 Å².